The second-order valence-corrected chi connectivity index (χ2v) is 12.2. The summed E-state index contributed by atoms with van der Waals surface area (Å²) in [4.78, 5) is 39.1. The Hall–Kier alpha value is -0.280. The zero-order valence-electron chi connectivity index (χ0n) is 15.3. The van der Waals surface area contributed by atoms with E-state index in [1.165, 1.54) is 16.7 Å². The smallest absolute Gasteiger partial charge is 0.412 e. The Balaban J connectivity index is 2.11. The summed E-state index contributed by atoms with van der Waals surface area (Å²) in [5.41, 5.74) is -2.11. The number of amides is 2. The lowest BCUT2D eigenvalue weighted by molar-refractivity contribution is -0.163. The molecule has 154 valence electrons. The Kier molecular flexibility index (Phi) is 6.41. The summed E-state index contributed by atoms with van der Waals surface area (Å²) in [6.07, 6.45) is -0.606. The Morgan fingerprint density at radius 3 is 2.30 bits per heavy atom. The minimum atomic E-state index is -1.79. The first-order chi connectivity index (χ1) is 12.1. The zero-order valence-corrected chi connectivity index (χ0v) is 19.1. The van der Waals surface area contributed by atoms with Crippen molar-refractivity contribution < 1.29 is 23.9 Å². The van der Waals surface area contributed by atoms with E-state index in [2.05, 4.69) is 0 Å². The van der Waals surface area contributed by atoms with Crippen LogP contribution in [0, 0.1) is 0 Å². The molecule has 2 amide bonds. The van der Waals surface area contributed by atoms with E-state index in [1.54, 1.807) is 34.6 Å². The van der Waals surface area contributed by atoms with Crippen LogP contribution in [0.5, 0.6) is 0 Å². The summed E-state index contributed by atoms with van der Waals surface area (Å²) < 4.78 is 8.46. The molecule has 2 fully saturated rings. The minimum Gasteiger partial charge on any atom is -0.459 e. The van der Waals surface area contributed by atoms with Gasteiger partial charge in [-0.05, 0) is 34.6 Å². The lowest BCUT2D eigenvalue weighted by Gasteiger charge is -2.46. The molecule has 27 heavy (non-hydrogen) atoms. The maximum Gasteiger partial charge on any atom is 0.412 e. The molecule has 2 aliphatic rings. The molecule has 0 spiro atoms. The van der Waals surface area contributed by atoms with Crippen molar-refractivity contribution in [1.29, 1.82) is 0 Å². The fourth-order valence-corrected chi connectivity index (χ4v) is 4.85. The highest BCUT2D eigenvalue weighted by atomic mass is 35.6. The van der Waals surface area contributed by atoms with E-state index >= 15 is 0 Å². The van der Waals surface area contributed by atoms with Gasteiger partial charge >= 0.3 is 12.1 Å². The highest BCUT2D eigenvalue weighted by Crippen LogP contribution is 2.52. The minimum absolute atomic E-state index is 0.477. The third-order valence-corrected chi connectivity index (χ3v) is 5.94. The zero-order chi connectivity index (χ0) is 20.9. The van der Waals surface area contributed by atoms with Crippen LogP contribution in [-0.4, -0.2) is 65.6 Å². The van der Waals surface area contributed by atoms with Crippen molar-refractivity contribution in [3.8, 4) is 0 Å². The van der Waals surface area contributed by atoms with Gasteiger partial charge < -0.3 is 9.47 Å². The maximum atomic E-state index is 12.7. The van der Waals surface area contributed by atoms with Crippen molar-refractivity contribution in [2.75, 3.05) is 6.61 Å². The van der Waals surface area contributed by atoms with Crippen LogP contribution >= 0.6 is 58.2 Å². The molecule has 0 aromatic rings. The number of hydrogen-bond acceptors (Lipinski definition) is 6. The number of rotatable bonds is 3. The molecule has 0 aliphatic carbocycles. The van der Waals surface area contributed by atoms with Crippen LogP contribution in [0.3, 0.4) is 0 Å². The summed E-state index contributed by atoms with van der Waals surface area (Å²) >= 11 is 24.0. The van der Waals surface area contributed by atoms with E-state index in [1.807, 2.05) is 0 Å². The normalized spacial score (nSPS) is 25.6. The second-order valence-electron chi connectivity index (χ2n) is 7.55. The molecule has 0 N–H and O–H groups in total. The molecule has 0 bridgehead atoms. The number of carbonyl (C=O) groups excluding carboxylic acids is 3. The summed E-state index contributed by atoms with van der Waals surface area (Å²) in [5.74, 6) is -1.39. The van der Waals surface area contributed by atoms with Gasteiger partial charge in [0.25, 0.3) is 5.91 Å². The standard InChI is InChI=1S/C15H20Cl4N2O5S/c1-13(2,3)26-12(24)21-7-9(22)20(10(7)27-14(21,4)5)8(16)11(23)25-6-15(17,18)19/h7-8,10H,6H2,1-5H3. The number of carbonyl (C=O) groups is 3. The fourth-order valence-electron chi connectivity index (χ4n) is 2.74. The quantitative estimate of drug-likeness (QED) is 0.264. The van der Waals surface area contributed by atoms with E-state index in [4.69, 9.17) is 55.9 Å². The van der Waals surface area contributed by atoms with Crippen LogP contribution < -0.4 is 0 Å². The predicted octanol–water partition coefficient (Wildman–Crippen LogP) is 3.72. The van der Waals surface area contributed by atoms with Gasteiger partial charge in [-0.25, -0.2) is 9.59 Å². The molecule has 0 radical (unpaired) electrons. The Morgan fingerprint density at radius 2 is 1.81 bits per heavy atom. The summed E-state index contributed by atoms with van der Waals surface area (Å²) in [6, 6.07) is -0.776. The van der Waals surface area contributed by atoms with E-state index < -0.39 is 55.8 Å². The summed E-state index contributed by atoms with van der Waals surface area (Å²) in [7, 11) is 0. The first-order valence-corrected chi connectivity index (χ1v) is 10.4. The molecule has 7 nitrogen and oxygen atoms in total. The summed E-state index contributed by atoms with van der Waals surface area (Å²) in [5, 5.41) is -0.511. The van der Waals surface area contributed by atoms with Crippen LogP contribution in [0.4, 0.5) is 4.79 Å². The molecule has 2 saturated heterocycles. The van der Waals surface area contributed by atoms with Gasteiger partial charge in [0.05, 0.1) is 4.87 Å². The molecule has 2 rings (SSSR count). The van der Waals surface area contributed by atoms with E-state index in [0.717, 1.165) is 4.90 Å². The molecule has 3 atom stereocenters. The average Bonchev–Trinajstić information content (AvgIpc) is 2.70. The molecular formula is C15H20Cl4N2O5S. The van der Waals surface area contributed by atoms with Gasteiger partial charge in [0.15, 0.2) is 0 Å². The number of thioether (sulfide) groups is 1. The van der Waals surface area contributed by atoms with Crippen molar-refractivity contribution in [2.45, 2.75) is 65.8 Å². The Morgan fingerprint density at radius 1 is 1.26 bits per heavy atom. The van der Waals surface area contributed by atoms with Crippen molar-refractivity contribution in [3.05, 3.63) is 0 Å². The number of nitrogens with zero attached hydrogens (tertiary/aromatic N) is 2. The number of hydrogen-bond donors (Lipinski definition) is 0. The van der Waals surface area contributed by atoms with E-state index in [-0.39, 0.29) is 0 Å². The number of likely N-dealkylation sites (tertiary alicyclic amines) is 1. The lowest BCUT2D eigenvalue weighted by Crippen LogP contribution is -2.70. The summed E-state index contributed by atoms with van der Waals surface area (Å²) in [6.45, 7) is 8.29. The predicted molar refractivity (Wildman–Crippen MR) is 105 cm³/mol. The van der Waals surface area contributed by atoms with Gasteiger partial charge in [-0.15, -0.1) is 11.8 Å². The molecule has 3 unspecified atom stereocenters. The van der Waals surface area contributed by atoms with E-state index in [9.17, 15) is 14.4 Å². The number of β-lactam (4-membered cyclic amide) rings is 1. The first-order valence-electron chi connectivity index (χ1n) is 7.95. The van der Waals surface area contributed by atoms with Gasteiger partial charge in [-0.1, -0.05) is 46.4 Å². The Bertz CT molecular complexity index is 649. The molecule has 12 heteroatoms. The SMILES string of the molecule is CC(C)(C)OC(=O)N1C2C(=O)N(C(Cl)C(=O)OCC(Cl)(Cl)Cl)C2SC1(C)C. The van der Waals surface area contributed by atoms with Crippen LogP contribution in [-0.2, 0) is 19.1 Å². The van der Waals surface area contributed by atoms with Gasteiger partial charge in [-0.3, -0.25) is 14.6 Å². The lowest BCUT2D eigenvalue weighted by atomic mass is 10.0. The second kappa shape index (κ2) is 7.52. The molecule has 0 aromatic carbocycles. The fraction of sp³-hybridized carbons (Fsp3) is 0.800. The van der Waals surface area contributed by atoms with Crippen LogP contribution in [0.1, 0.15) is 34.6 Å². The van der Waals surface area contributed by atoms with Gasteiger partial charge in [0.1, 0.15) is 23.6 Å². The van der Waals surface area contributed by atoms with Gasteiger partial charge in [-0.2, -0.15) is 0 Å². The Labute approximate surface area is 181 Å². The van der Waals surface area contributed by atoms with Gasteiger partial charge in [0, 0.05) is 0 Å². The van der Waals surface area contributed by atoms with E-state index in [0.29, 0.717) is 0 Å². The van der Waals surface area contributed by atoms with Crippen molar-refractivity contribution >= 4 is 76.1 Å². The molecular weight excluding hydrogens is 462 g/mol. The largest absolute Gasteiger partial charge is 0.459 e. The number of ether oxygens (including phenoxy) is 2. The number of halogens is 4. The highest BCUT2D eigenvalue weighted by molar-refractivity contribution is 8.01. The average molecular weight is 482 g/mol. The third-order valence-electron chi connectivity index (χ3n) is 3.73. The molecule has 2 heterocycles. The number of esters is 1. The number of alkyl halides is 4. The van der Waals surface area contributed by atoms with Gasteiger partial charge in [0.2, 0.25) is 9.29 Å². The van der Waals surface area contributed by atoms with Crippen molar-refractivity contribution in [1.82, 2.24) is 9.80 Å². The molecule has 2 aliphatic heterocycles. The highest BCUT2D eigenvalue weighted by Gasteiger charge is 2.65. The van der Waals surface area contributed by atoms with Crippen LogP contribution in [0.2, 0.25) is 0 Å². The monoisotopic (exact) mass is 480 g/mol. The van der Waals surface area contributed by atoms with Crippen molar-refractivity contribution in [3.63, 3.8) is 0 Å². The molecule has 0 saturated carbocycles. The number of fused-ring (bicyclic) bond motifs is 1. The third kappa shape index (κ3) is 5.01. The van der Waals surface area contributed by atoms with Crippen LogP contribution in [0.25, 0.3) is 0 Å². The van der Waals surface area contributed by atoms with Crippen molar-refractivity contribution in [2.24, 2.45) is 0 Å². The first kappa shape index (κ1) is 23.0. The maximum absolute atomic E-state index is 12.7. The molecule has 0 aromatic heterocycles. The van der Waals surface area contributed by atoms with Crippen LogP contribution in [0.15, 0.2) is 0 Å². The topological polar surface area (TPSA) is 76.2 Å².